The summed E-state index contributed by atoms with van der Waals surface area (Å²) in [6.45, 7) is 0.738. The predicted molar refractivity (Wildman–Crippen MR) is 70.9 cm³/mol. The fourth-order valence-corrected chi connectivity index (χ4v) is 2.78. The van der Waals surface area contributed by atoms with Gasteiger partial charge in [0.05, 0.1) is 11.3 Å². The molecule has 102 valence electrons. The summed E-state index contributed by atoms with van der Waals surface area (Å²) in [4.78, 5) is 1.76. The Morgan fingerprint density at radius 3 is 2.53 bits per heavy atom. The van der Waals surface area contributed by atoms with Gasteiger partial charge in [-0.3, -0.25) is 0 Å². The van der Waals surface area contributed by atoms with Crippen LogP contribution in [0.3, 0.4) is 0 Å². The Hall–Kier alpha value is -1.63. The van der Waals surface area contributed by atoms with Crippen molar-refractivity contribution in [2.75, 3.05) is 18.5 Å². The quantitative estimate of drug-likeness (QED) is 0.829. The summed E-state index contributed by atoms with van der Waals surface area (Å²) in [5.41, 5.74) is -0.00519. The lowest BCUT2D eigenvalue weighted by Gasteiger charge is -2.28. The van der Waals surface area contributed by atoms with Crippen LogP contribution in [0.25, 0.3) is 0 Å². The van der Waals surface area contributed by atoms with Crippen LogP contribution < -0.4 is 4.90 Å². The van der Waals surface area contributed by atoms with Gasteiger partial charge in [-0.15, -0.1) is 0 Å². The molecule has 19 heavy (non-hydrogen) atoms. The van der Waals surface area contributed by atoms with Gasteiger partial charge in [0.25, 0.3) is 0 Å². The molecule has 0 saturated heterocycles. The van der Waals surface area contributed by atoms with E-state index in [-0.39, 0.29) is 11.3 Å². The molecule has 0 spiro atoms. The standard InChI is InChI=1S/C15H18F2N2/c1-19(10-11-5-3-2-4-6-11)13-8-7-12(9-18)14(16)15(13)17/h7-8,11H,2-6,10H2,1H3. The van der Waals surface area contributed by atoms with E-state index in [1.54, 1.807) is 18.0 Å². The number of halogens is 2. The molecule has 0 N–H and O–H groups in total. The molecule has 1 saturated carbocycles. The van der Waals surface area contributed by atoms with Crippen LogP contribution in [0.15, 0.2) is 12.1 Å². The molecule has 0 bridgehead atoms. The van der Waals surface area contributed by atoms with Gasteiger partial charge in [0.1, 0.15) is 6.07 Å². The molecule has 0 aromatic heterocycles. The molecule has 1 fully saturated rings. The zero-order chi connectivity index (χ0) is 13.8. The molecule has 0 aliphatic heterocycles. The van der Waals surface area contributed by atoms with E-state index in [0.29, 0.717) is 5.92 Å². The highest BCUT2D eigenvalue weighted by Gasteiger charge is 2.20. The molecular weight excluding hydrogens is 246 g/mol. The lowest BCUT2D eigenvalue weighted by molar-refractivity contribution is 0.361. The number of rotatable bonds is 3. The summed E-state index contributed by atoms with van der Waals surface area (Å²) < 4.78 is 27.5. The first-order valence-electron chi connectivity index (χ1n) is 6.72. The maximum absolute atomic E-state index is 13.9. The van der Waals surface area contributed by atoms with Crippen molar-refractivity contribution < 1.29 is 8.78 Å². The maximum atomic E-state index is 13.9. The Bertz CT molecular complexity index is 488. The number of nitriles is 1. The molecule has 0 amide bonds. The maximum Gasteiger partial charge on any atom is 0.183 e. The fraction of sp³-hybridized carbons (Fsp3) is 0.533. The van der Waals surface area contributed by atoms with Gasteiger partial charge in [0, 0.05) is 13.6 Å². The second-order valence-electron chi connectivity index (χ2n) is 5.26. The zero-order valence-electron chi connectivity index (χ0n) is 11.1. The van der Waals surface area contributed by atoms with Gasteiger partial charge in [-0.05, 0) is 30.9 Å². The minimum atomic E-state index is -1.05. The molecule has 1 aliphatic rings. The van der Waals surface area contributed by atoms with Crippen molar-refractivity contribution >= 4 is 5.69 Å². The second-order valence-corrected chi connectivity index (χ2v) is 5.26. The molecule has 0 radical (unpaired) electrons. The highest BCUT2D eigenvalue weighted by Crippen LogP contribution is 2.28. The van der Waals surface area contributed by atoms with E-state index < -0.39 is 11.6 Å². The third-order valence-electron chi connectivity index (χ3n) is 3.85. The SMILES string of the molecule is CN(CC1CCCCC1)c1ccc(C#N)c(F)c1F. The van der Waals surface area contributed by atoms with Crippen LogP contribution >= 0.6 is 0 Å². The van der Waals surface area contributed by atoms with Crippen molar-refractivity contribution in [1.82, 2.24) is 0 Å². The van der Waals surface area contributed by atoms with Crippen LogP contribution in [0.1, 0.15) is 37.7 Å². The van der Waals surface area contributed by atoms with E-state index in [1.165, 1.54) is 31.4 Å². The van der Waals surface area contributed by atoms with Crippen molar-refractivity contribution in [3.63, 3.8) is 0 Å². The fourth-order valence-electron chi connectivity index (χ4n) is 2.78. The minimum Gasteiger partial charge on any atom is -0.372 e. The highest BCUT2D eigenvalue weighted by atomic mass is 19.2. The number of benzene rings is 1. The van der Waals surface area contributed by atoms with Crippen LogP contribution in [-0.4, -0.2) is 13.6 Å². The first-order valence-corrected chi connectivity index (χ1v) is 6.72. The van der Waals surface area contributed by atoms with Gasteiger partial charge >= 0.3 is 0 Å². The van der Waals surface area contributed by atoms with Crippen LogP contribution in [-0.2, 0) is 0 Å². The molecule has 0 unspecified atom stereocenters. The Morgan fingerprint density at radius 1 is 1.21 bits per heavy atom. The largest absolute Gasteiger partial charge is 0.372 e. The van der Waals surface area contributed by atoms with Gasteiger partial charge in [-0.2, -0.15) is 5.26 Å². The zero-order valence-corrected chi connectivity index (χ0v) is 11.1. The topological polar surface area (TPSA) is 27.0 Å². The first-order chi connectivity index (χ1) is 9.13. The van der Waals surface area contributed by atoms with Crippen molar-refractivity contribution in [3.05, 3.63) is 29.3 Å². The number of anilines is 1. The van der Waals surface area contributed by atoms with E-state index in [4.69, 9.17) is 5.26 Å². The van der Waals surface area contributed by atoms with E-state index >= 15 is 0 Å². The van der Waals surface area contributed by atoms with Crippen molar-refractivity contribution in [1.29, 1.82) is 5.26 Å². The Balaban J connectivity index is 2.12. The van der Waals surface area contributed by atoms with Crippen molar-refractivity contribution in [2.45, 2.75) is 32.1 Å². The van der Waals surface area contributed by atoms with Crippen LogP contribution in [0, 0.1) is 28.9 Å². The summed E-state index contributed by atoms with van der Waals surface area (Å²) in [5, 5.41) is 8.66. The van der Waals surface area contributed by atoms with E-state index in [2.05, 4.69) is 0 Å². The molecule has 1 aromatic rings. The lowest BCUT2D eigenvalue weighted by atomic mass is 9.89. The lowest BCUT2D eigenvalue weighted by Crippen LogP contribution is -2.27. The third kappa shape index (κ3) is 3.04. The summed E-state index contributed by atoms with van der Waals surface area (Å²) in [7, 11) is 1.78. The Labute approximate surface area is 112 Å². The van der Waals surface area contributed by atoms with E-state index in [9.17, 15) is 8.78 Å². The molecule has 1 aromatic carbocycles. The number of hydrogen-bond acceptors (Lipinski definition) is 2. The van der Waals surface area contributed by atoms with Crippen molar-refractivity contribution in [3.8, 4) is 6.07 Å². The smallest absolute Gasteiger partial charge is 0.183 e. The third-order valence-corrected chi connectivity index (χ3v) is 3.85. The van der Waals surface area contributed by atoms with Crippen molar-refractivity contribution in [2.24, 2.45) is 5.92 Å². The molecule has 0 heterocycles. The Morgan fingerprint density at radius 2 is 1.89 bits per heavy atom. The van der Waals surface area contributed by atoms with Gasteiger partial charge < -0.3 is 4.90 Å². The molecule has 2 nitrogen and oxygen atoms in total. The average Bonchev–Trinajstić information content (AvgIpc) is 2.42. The average molecular weight is 264 g/mol. The summed E-state index contributed by atoms with van der Waals surface area (Å²) in [5.74, 6) is -1.41. The van der Waals surface area contributed by atoms with Crippen LogP contribution in [0.2, 0.25) is 0 Å². The second kappa shape index (κ2) is 6.01. The summed E-state index contributed by atoms with van der Waals surface area (Å²) in [6.07, 6.45) is 6.04. The van der Waals surface area contributed by atoms with Crippen LogP contribution in [0.4, 0.5) is 14.5 Å². The van der Waals surface area contributed by atoms with Gasteiger partial charge in [0.2, 0.25) is 0 Å². The van der Waals surface area contributed by atoms with E-state index in [1.807, 2.05) is 0 Å². The van der Waals surface area contributed by atoms with Gasteiger partial charge in [0.15, 0.2) is 11.6 Å². The molecule has 2 rings (SSSR count). The summed E-state index contributed by atoms with van der Waals surface area (Å²) >= 11 is 0. The molecule has 4 heteroatoms. The predicted octanol–water partition coefficient (Wildman–Crippen LogP) is 3.85. The highest BCUT2D eigenvalue weighted by molar-refractivity contribution is 5.51. The molecule has 0 atom stereocenters. The monoisotopic (exact) mass is 264 g/mol. The van der Waals surface area contributed by atoms with Gasteiger partial charge in [-0.1, -0.05) is 19.3 Å². The molecule has 1 aliphatic carbocycles. The number of hydrogen-bond donors (Lipinski definition) is 0. The first kappa shape index (κ1) is 13.8. The number of nitrogens with zero attached hydrogens (tertiary/aromatic N) is 2. The summed E-state index contributed by atoms with van der Waals surface area (Å²) in [6, 6.07) is 4.47. The minimum absolute atomic E-state index is 0.238. The normalized spacial score (nSPS) is 16.1. The van der Waals surface area contributed by atoms with Crippen LogP contribution in [0.5, 0.6) is 0 Å². The Kier molecular flexibility index (Phi) is 4.36. The van der Waals surface area contributed by atoms with Gasteiger partial charge in [-0.25, -0.2) is 8.78 Å². The van der Waals surface area contributed by atoms with E-state index in [0.717, 1.165) is 19.4 Å². The molecular formula is C15H18F2N2.